The van der Waals surface area contributed by atoms with Gasteiger partial charge in [0.1, 0.15) is 4.05 Å². The summed E-state index contributed by atoms with van der Waals surface area (Å²) in [7, 11) is 2.12. The van der Waals surface area contributed by atoms with Gasteiger partial charge in [0.15, 0.2) is 0 Å². The number of halogens is 1. The Morgan fingerprint density at radius 2 is 1.91 bits per heavy atom. The Hall–Kier alpha value is 0.140. The van der Waals surface area contributed by atoms with Gasteiger partial charge in [-0.05, 0) is 29.6 Å². The van der Waals surface area contributed by atoms with E-state index in [1.165, 1.54) is 0 Å². The van der Waals surface area contributed by atoms with E-state index in [2.05, 4.69) is 45.5 Å². The van der Waals surface area contributed by atoms with Crippen LogP contribution < -0.4 is 0 Å². The van der Waals surface area contributed by atoms with Crippen LogP contribution in [0.25, 0.3) is 0 Å². The van der Waals surface area contributed by atoms with Crippen LogP contribution in [0.2, 0.25) is 0 Å². The second-order valence-electron chi connectivity index (χ2n) is 2.80. The molecule has 1 saturated heterocycles. The normalized spacial score (nSPS) is 24.5. The van der Waals surface area contributed by atoms with Crippen LogP contribution in [0.4, 0.5) is 0 Å². The van der Waals surface area contributed by atoms with Crippen molar-refractivity contribution in [1.82, 2.24) is 9.80 Å². The van der Waals surface area contributed by atoms with Crippen LogP contribution in [-0.2, 0) is 0 Å². The Kier molecular flexibility index (Phi) is 3.55. The van der Waals surface area contributed by atoms with Crippen LogP contribution >= 0.6 is 22.6 Å². The maximum Gasteiger partial charge on any atom is 0.150 e. The van der Waals surface area contributed by atoms with Gasteiger partial charge in [-0.2, -0.15) is 5.26 Å². The molecule has 1 unspecified atom stereocenters. The molecule has 1 aliphatic rings. The second-order valence-corrected chi connectivity index (χ2v) is 3.98. The topological polar surface area (TPSA) is 30.3 Å². The molecule has 0 aromatic carbocycles. The summed E-state index contributed by atoms with van der Waals surface area (Å²) < 4.78 is 0.0568. The monoisotopic (exact) mass is 265 g/mol. The number of alkyl halides is 1. The first-order valence-corrected chi connectivity index (χ1v) is 4.95. The number of nitriles is 1. The average Bonchev–Trinajstić information content (AvgIpc) is 2.05. The number of piperazine rings is 1. The molecule has 0 bridgehead atoms. The van der Waals surface area contributed by atoms with Crippen molar-refractivity contribution in [1.29, 1.82) is 5.26 Å². The molecule has 0 N–H and O–H groups in total. The Bertz CT molecular complexity index is 158. The fourth-order valence-corrected chi connectivity index (χ4v) is 1.69. The zero-order valence-electron chi connectivity index (χ0n) is 6.63. The van der Waals surface area contributed by atoms with Gasteiger partial charge in [0.05, 0.1) is 6.07 Å². The van der Waals surface area contributed by atoms with E-state index >= 15 is 0 Å². The van der Waals surface area contributed by atoms with Crippen molar-refractivity contribution in [2.75, 3.05) is 33.2 Å². The van der Waals surface area contributed by atoms with Gasteiger partial charge in [0.2, 0.25) is 0 Å². The van der Waals surface area contributed by atoms with Crippen LogP contribution in [0, 0.1) is 11.3 Å². The smallest absolute Gasteiger partial charge is 0.150 e. The molecular weight excluding hydrogens is 253 g/mol. The van der Waals surface area contributed by atoms with Crippen molar-refractivity contribution in [3.05, 3.63) is 0 Å². The van der Waals surface area contributed by atoms with E-state index in [1.807, 2.05) is 0 Å². The highest BCUT2D eigenvalue weighted by Crippen LogP contribution is 2.09. The molecule has 0 saturated carbocycles. The largest absolute Gasteiger partial charge is 0.304 e. The van der Waals surface area contributed by atoms with Crippen LogP contribution in [-0.4, -0.2) is 47.1 Å². The summed E-state index contributed by atoms with van der Waals surface area (Å²) in [5.41, 5.74) is 0. The van der Waals surface area contributed by atoms with E-state index < -0.39 is 0 Å². The van der Waals surface area contributed by atoms with E-state index in [0.29, 0.717) is 0 Å². The number of likely N-dealkylation sites (N-methyl/N-ethyl adjacent to an activating group) is 1. The SMILES string of the molecule is CN1CCN(C(I)C#N)CC1. The summed E-state index contributed by atoms with van der Waals surface area (Å²) in [6, 6.07) is 2.24. The van der Waals surface area contributed by atoms with Gasteiger partial charge in [-0.3, -0.25) is 4.90 Å². The minimum Gasteiger partial charge on any atom is -0.304 e. The van der Waals surface area contributed by atoms with Crippen molar-refractivity contribution in [2.24, 2.45) is 0 Å². The molecule has 0 radical (unpaired) electrons. The summed E-state index contributed by atoms with van der Waals surface area (Å²) in [4.78, 5) is 4.50. The van der Waals surface area contributed by atoms with Gasteiger partial charge >= 0.3 is 0 Å². The van der Waals surface area contributed by atoms with Crippen molar-refractivity contribution < 1.29 is 0 Å². The minimum absolute atomic E-state index is 0.0568. The first-order chi connectivity index (χ1) is 5.24. The Balaban J connectivity index is 2.34. The lowest BCUT2D eigenvalue weighted by Crippen LogP contribution is -2.46. The molecular formula is C7H12IN3. The van der Waals surface area contributed by atoms with Gasteiger partial charge in [0.25, 0.3) is 0 Å². The predicted octanol–water partition coefficient (Wildman–Crippen LogP) is 0.518. The molecule has 0 aromatic heterocycles. The summed E-state index contributed by atoms with van der Waals surface area (Å²) in [5, 5.41) is 8.64. The van der Waals surface area contributed by atoms with Crippen molar-refractivity contribution in [3.63, 3.8) is 0 Å². The average molecular weight is 265 g/mol. The predicted molar refractivity (Wildman–Crippen MR) is 52.5 cm³/mol. The van der Waals surface area contributed by atoms with Gasteiger partial charge < -0.3 is 4.90 Å². The first kappa shape index (κ1) is 9.23. The molecule has 1 atom stereocenters. The molecule has 11 heavy (non-hydrogen) atoms. The highest BCUT2D eigenvalue weighted by Gasteiger charge is 2.18. The standard InChI is InChI=1S/C7H12IN3/c1-10-2-4-11(5-3-10)7(8)6-9/h7H,2-5H2,1H3. The number of hydrogen-bond acceptors (Lipinski definition) is 3. The van der Waals surface area contributed by atoms with Crippen LogP contribution in [0.1, 0.15) is 0 Å². The van der Waals surface area contributed by atoms with E-state index in [0.717, 1.165) is 26.2 Å². The lowest BCUT2D eigenvalue weighted by atomic mass is 10.3. The van der Waals surface area contributed by atoms with E-state index in [1.54, 1.807) is 0 Å². The molecule has 0 amide bonds. The maximum absolute atomic E-state index is 8.64. The zero-order valence-corrected chi connectivity index (χ0v) is 8.78. The Morgan fingerprint density at radius 1 is 1.36 bits per heavy atom. The molecule has 1 fully saturated rings. The summed E-state index contributed by atoms with van der Waals surface area (Å²) in [6.07, 6.45) is 0. The summed E-state index contributed by atoms with van der Waals surface area (Å²) >= 11 is 2.18. The van der Waals surface area contributed by atoms with Gasteiger partial charge in [-0.15, -0.1) is 0 Å². The van der Waals surface area contributed by atoms with E-state index in [-0.39, 0.29) is 4.05 Å². The number of hydrogen-bond donors (Lipinski definition) is 0. The molecule has 62 valence electrons. The Morgan fingerprint density at radius 3 is 2.36 bits per heavy atom. The fraction of sp³-hybridized carbons (Fsp3) is 0.857. The third kappa shape index (κ3) is 2.58. The quantitative estimate of drug-likeness (QED) is 0.393. The molecule has 0 spiro atoms. The fourth-order valence-electron chi connectivity index (χ4n) is 1.13. The molecule has 0 aliphatic carbocycles. The van der Waals surface area contributed by atoms with Gasteiger partial charge in [-0.25, -0.2) is 0 Å². The van der Waals surface area contributed by atoms with Crippen LogP contribution in [0.15, 0.2) is 0 Å². The Labute approximate surface area is 81.1 Å². The number of rotatable bonds is 1. The van der Waals surface area contributed by atoms with Crippen LogP contribution in [0.5, 0.6) is 0 Å². The van der Waals surface area contributed by atoms with Crippen LogP contribution in [0.3, 0.4) is 0 Å². The minimum atomic E-state index is 0.0568. The van der Waals surface area contributed by atoms with Crippen molar-refractivity contribution >= 4 is 22.6 Å². The third-order valence-electron chi connectivity index (χ3n) is 1.96. The highest BCUT2D eigenvalue weighted by atomic mass is 127. The van der Waals surface area contributed by atoms with E-state index in [9.17, 15) is 0 Å². The van der Waals surface area contributed by atoms with Crippen molar-refractivity contribution in [3.8, 4) is 6.07 Å². The lowest BCUT2D eigenvalue weighted by Gasteiger charge is -2.32. The molecule has 4 heteroatoms. The van der Waals surface area contributed by atoms with Crippen molar-refractivity contribution in [2.45, 2.75) is 4.05 Å². The molecule has 3 nitrogen and oxygen atoms in total. The summed E-state index contributed by atoms with van der Waals surface area (Å²) in [5.74, 6) is 0. The van der Waals surface area contributed by atoms with E-state index in [4.69, 9.17) is 5.26 Å². The highest BCUT2D eigenvalue weighted by molar-refractivity contribution is 14.1. The molecule has 1 rings (SSSR count). The van der Waals surface area contributed by atoms with Gasteiger partial charge in [-0.1, -0.05) is 0 Å². The zero-order chi connectivity index (χ0) is 8.27. The first-order valence-electron chi connectivity index (χ1n) is 3.70. The maximum atomic E-state index is 8.64. The molecule has 1 heterocycles. The van der Waals surface area contributed by atoms with Gasteiger partial charge in [0, 0.05) is 26.2 Å². The molecule has 0 aromatic rings. The number of nitrogens with zero attached hydrogens (tertiary/aromatic N) is 3. The molecule has 1 aliphatic heterocycles. The third-order valence-corrected chi connectivity index (χ3v) is 3.03. The lowest BCUT2D eigenvalue weighted by molar-refractivity contribution is 0.163. The summed E-state index contributed by atoms with van der Waals surface area (Å²) in [6.45, 7) is 4.22. The second kappa shape index (κ2) is 4.24.